The standard InChI is InChI=1S/C52H53O2Si2.2ClH.Zr/c1-51(2,3)55(41-25-11-7-12-26-41,42-27-13-8-14-28-42)53-49-37-39-23-19-21-33-45(39)47(49)35-36-48-46-34-22-20-24-40(46)38-50(48)54-56(52(4,5)6,43-29-15-9-16-30-43)44-31-17-10-18-32-44;;;/h7-35,37-38,47-48H,36H2,1-6H3;2*1H;/q;;;+2/p-2. The predicted octanol–water partition coefficient (Wildman–Crippen LogP) is 12.5. The molecule has 0 aromatic heterocycles. The third-order valence-electron chi connectivity index (χ3n) is 12.5. The molecule has 2 nitrogen and oxygen atoms in total. The Hall–Kier alpha value is -3.70. The molecule has 0 saturated heterocycles. The van der Waals surface area contributed by atoms with Crippen molar-refractivity contribution >= 4 is 66.6 Å². The van der Waals surface area contributed by atoms with Crippen molar-refractivity contribution in [2.75, 3.05) is 0 Å². The molecule has 8 rings (SSSR count). The van der Waals surface area contributed by atoms with Gasteiger partial charge >= 0.3 is 372 Å². The third kappa shape index (κ3) is 7.76. The molecule has 6 aromatic carbocycles. The van der Waals surface area contributed by atoms with E-state index in [2.05, 4.69) is 224 Å². The van der Waals surface area contributed by atoms with Crippen LogP contribution in [-0.2, 0) is 28.2 Å². The van der Waals surface area contributed by atoms with Gasteiger partial charge in [-0.15, -0.1) is 0 Å². The van der Waals surface area contributed by atoms with Gasteiger partial charge in [0.15, 0.2) is 0 Å². The zero-order chi connectivity index (χ0) is 41.4. The summed E-state index contributed by atoms with van der Waals surface area (Å²) in [5.41, 5.74) is 4.90. The van der Waals surface area contributed by atoms with Crippen LogP contribution in [0.25, 0.3) is 12.2 Å². The van der Waals surface area contributed by atoms with Crippen molar-refractivity contribution in [1.82, 2.24) is 0 Å². The van der Waals surface area contributed by atoms with Gasteiger partial charge in [-0.05, 0) is 0 Å². The average molecular weight is 928 g/mol. The minimum atomic E-state index is -3.15. The van der Waals surface area contributed by atoms with E-state index in [1.807, 2.05) is 0 Å². The quantitative estimate of drug-likeness (QED) is 0.114. The molecular weight excluding hydrogens is 875 g/mol. The Morgan fingerprint density at radius 2 is 0.814 bits per heavy atom. The molecule has 0 spiro atoms. The van der Waals surface area contributed by atoms with E-state index in [1.54, 1.807) is 0 Å². The molecule has 7 heteroatoms. The Labute approximate surface area is 369 Å². The van der Waals surface area contributed by atoms with Crippen LogP contribution in [-0.4, -0.2) is 16.6 Å². The maximum atomic E-state index is 7.94. The van der Waals surface area contributed by atoms with Gasteiger partial charge in [-0.1, -0.05) is 0 Å². The number of benzene rings is 6. The minimum absolute atomic E-state index is 0.0174. The van der Waals surface area contributed by atoms with Crippen molar-refractivity contribution < 1.29 is 28.2 Å². The number of rotatable bonds is 12. The summed E-state index contributed by atoms with van der Waals surface area (Å²) in [6, 6.07) is 61.2. The Morgan fingerprint density at radius 3 is 1.22 bits per heavy atom. The summed E-state index contributed by atoms with van der Waals surface area (Å²) in [4.78, 5) is 0. The van der Waals surface area contributed by atoms with Crippen LogP contribution >= 0.6 is 17.0 Å². The van der Waals surface area contributed by atoms with E-state index in [9.17, 15) is 0 Å². The van der Waals surface area contributed by atoms with Crippen LogP contribution in [0.3, 0.4) is 0 Å². The second-order valence-electron chi connectivity index (χ2n) is 18.0. The molecule has 0 aliphatic heterocycles. The molecule has 3 atom stereocenters. The zero-order valence-electron chi connectivity index (χ0n) is 34.8. The molecule has 2 aliphatic carbocycles. The molecule has 0 N–H and O–H groups in total. The van der Waals surface area contributed by atoms with Crippen LogP contribution in [0, 0.1) is 0 Å². The normalized spacial score (nSPS) is 17.0. The Bertz CT molecular complexity index is 2360. The summed E-state index contributed by atoms with van der Waals surface area (Å²) in [6.07, 6.45) is 5.35. The van der Waals surface area contributed by atoms with Gasteiger partial charge in [-0.3, -0.25) is 0 Å². The number of hydrogen-bond donors (Lipinski definition) is 0. The molecule has 2 aliphatic rings. The first-order valence-corrected chi connectivity index (χ1v) is 32.3. The number of allylic oxidation sites excluding steroid dienone is 2. The number of halogens is 2. The first kappa shape index (κ1) is 42.0. The fourth-order valence-electron chi connectivity index (χ4n) is 9.80. The van der Waals surface area contributed by atoms with Crippen LogP contribution in [0.1, 0.15) is 82.1 Å². The monoisotopic (exact) mass is 925 g/mol. The van der Waals surface area contributed by atoms with E-state index in [1.165, 1.54) is 43.0 Å². The Kier molecular flexibility index (Phi) is 12.1. The molecule has 0 heterocycles. The van der Waals surface area contributed by atoms with Crippen molar-refractivity contribution in [3.05, 3.63) is 204 Å². The molecule has 0 amide bonds. The molecular formula is C52H53Cl2O2Si2Zr. The van der Waals surface area contributed by atoms with E-state index < -0.39 is 36.0 Å². The third-order valence-corrected chi connectivity index (χ3v) is 28.5. The first-order valence-electron chi connectivity index (χ1n) is 20.7. The van der Waals surface area contributed by atoms with Crippen LogP contribution in [0.2, 0.25) is 13.7 Å². The second-order valence-corrected chi connectivity index (χ2v) is 35.7. The zero-order valence-corrected chi connectivity index (χ0v) is 40.8. The summed E-state index contributed by atoms with van der Waals surface area (Å²) < 4.78 is 15.8. The molecule has 0 radical (unpaired) electrons. The molecule has 0 bridgehead atoms. The van der Waals surface area contributed by atoms with E-state index in [0.29, 0.717) is 0 Å². The van der Waals surface area contributed by atoms with Gasteiger partial charge in [0.1, 0.15) is 0 Å². The van der Waals surface area contributed by atoms with Crippen LogP contribution in [0.5, 0.6) is 0 Å². The molecule has 299 valence electrons. The molecule has 3 unspecified atom stereocenters. The van der Waals surface area contributed by atoms with Crippen molar-refractivity contribution in [2.24, 2.45) is 0 Å². The van der Waals surface area contributed by atoms with Crippen molar-refractivity contribution in [2.45, 2.75) is 73.5 Å². The summed E-state index contributed by atoms with van der Waals surface area (Å²) in [7, 11) is 9.15. The van der Waals surface area contributed by atoms with Gasteiger partial charge < -0.3 is 0 Å². The fraction of sp³-hybridized carbons (Fsp3) is 0.231. The van der Waals surface area contributed by atoms with E-state index in [-0.39, 0.29) is 25.5 Å². The van der Waals surface area contributed by atoms with Crippen LogP contribution < -0.4 is 20.7 Å². The van der Waals surface area contributed by atoms with Gasteiger partial charge in [-0.25, -0.2) is 0 Å². The van der Waals surface area contributed by atoms with Crippen LogP contribution in [0.15, 0.2) is 181 Å². The average Bonchev–Trinajstić information content (AvgIpc) is 3.77. The topological polar surface area (TPSA) is 18.5 Å². The van der Waals surface area contributed by atoms with Crippen molar-refractivity contribution in [3.63, 3.8) is 0 Å². The molecule has 0 fully saturated rings. The van der Waals surface area contributed by atoms with Crippen LogP contribution in [0.4, 0.5) is 0 Å². The van der Waals surface area contributed by atoms with Gasteiger partial charge in [0, 0.05) is 0 Å². The number of fused-ring (bicyclic) bond motifs is 2. The van der Waals surface area contributed by atoms with Gasteiger partial charge in [-0.2, -0.15) is 0 Å². The van der Waals surface area contributed by atoms with Gasteiger partial charge in [0.25, 0.3) is 0 Å². The van der Waals surface area contributed by atoms with E-state index in [4.69, 9.17) is 25.9 Å². The molecule has 0 saturated carbocycles. The second kappa shape index (κ2) is 17.0. The van der Waals surface area contributed by atoms with Crippen molar-refractivity contribution in [1.29, 1.82) is 0 Å². The Morgan fingerprint density at radius 1 is 0.475 bits per heavy atom. The summed E-state index contributed by atoms with van der Waals surface area (Å²) in [5.74, 6) is 1.86. The fourth-order valence-corrected chi connectivity index (χ4v) is 23.8. The van der Waals surface area contributed by atoms with Gasteiger partial charge in [0.05, 0.1) is 0 Å². The molecule has 59 heavy (non-hydrogen) atoms. The number of hydrogen-bond acceptors (Lipinski definition) is 2. The van der Waals surface area contributed by atoms with Crippen molar-refractivity contribution in [3.8, 4) is 0 Å². The Balaban J connectivity index is 1.26. The van der Waals surface area contributed by atoms with E-state index >= 15 is 0 Å². The van der Waals surface area contributed by atoms with E-state index in [0.717, 1.165) is 17.9 Å². The van der Waals surface area contributed by atoms with Gasteiger partial charge in [0.2, 0.25) is 0 Å². The summed E-state index contributed by atoms with van der Waals surface area (Å²) >= 11 is -3.15. The SMILES string of the molecule is CC(C)(C)[Si](OC1=Cc2ccccc2C1C[CH](C1C(O[Si](c2ccccc2)(c2ccccc2)C(C)(C)C)=Cc2ccccc21)[Zr]([Cl])[Cl])(c1ccccc1)c1ccccc1. The maximum absolute atomic E-state index is 7.94. The summed E-state index contributed by atoms with van der Waals surface area (Å²) in [5, 5.41) is 4.60. The first-order chi connectivity index (χ1) is 28.3. The summed E-state index contributed by atoms with van der Waals surface area (Å²) in [6.45, 7) is 14.1. The predicted molar refractivity (Wildman–Crippen MR) is 252 cm³/mol. The molecule has 6 aromatic rings.